The summed E-state index contributed by atoms with van der Waals surface area (Å²) in [6.45, 7) is 8.91. The SMILES string of the molecule is CCCCCCC(C)CC.CO.Cc1cccc(-c2csc(NC(=O)CN)n2)c1. The fourth-order valence-electron chi connectivity index (χ4n) is 2.56. The maximum Gasteiger partial charge on any atom is 0.239 e. The molecule has 1 amide bonds. The zero-order chi connectivity index (χ0) is 22.1. The van der Waals surface area contributed by atoms with E-state index >= 15 is 0 Å². The smallest absolute Gasteiger partial charge is 0.239 e. The molecule has 1 unspecified atom stereocenters. The molecular formula is C23H39N3O2S. The Morgan fingerprint density at radius 2 is 1.97 bits per heavy atom. The Bertz CT molecular complexity index is 674. The number of aryl methyl sites for hydroxylation is 1. The molecule has 2 rings (SSSR count). The Morgan fingerprint density at radius 1 is 1.24 bits per heavy atom. The standard InChI is InChI=1S/C12H13N3OS.C10H22.CH4O/c1-8-3-2-4-9(5-8)10-7-17-12(14-10)15-11(16)6-13;1-4-6-7-8-9-10(3)5-2;1-2/h2-5,7H,6,13H2,1H3,(H,14,15,16);10H,4-9H2,1-3H3;2H,1H3. The number of amides is 1. The Labute approximate surface area is 180 Å². The fraction of sp³-hybridized carbons (Fsp3) is 0.565. The third-order valence-corrected chi connectivity index (χ3v) is 5.25. The number of benzene rings is 1. The largest absolute Gasteiger partial charge is 0.400 e. The number of unbranched alkanes of at least 4 members (excludes halogenated alkanes) is 3. The van der Waals surface area contributed by atoms with Gasteiger partial charge in [-0.25, -0.2) is 4.98 Å². The second-order valence-corrected chi connectivity index (χ2v) is 7.88. The van der Waals surface area contributed by atoms with Gasteiger partial charge in [-0.15, -0.1) is 11.3 Å². The van der Waals surface area contributed by atoms with Crippen molar-refractivity contribution in [2.45, 2.75) is 66.2 Å². The van der Waals surface area contributed by atoms with E-state index in [-0.39, 0.29) is 12.5 Å². The van der Waals surface area contributed by atoms with Gasteiger partial charge in [0.15, 0.2) is 5.13 Å². The summed E-state index contributed by atoms with van der Waals surface area (Å²) in [4.78, 5) is 15.5. The predicted octanol–water partition coefficient (Wildman–Crippen LogP) is 5.63. The molecule has 0 radical (unpaired) electrons. The molecule has 0 aliphatic heterocycles. The van der Waals surface area contributed by atoms with Crippen LogP contribution >= 0.6 is 11.3 Å². The molecule has 164 valence electrons. The maximum atomic E-state index is 11.1. The number of aliphatic hydroxyl groups excluding tert-OH is 1. The summed E-state index contributed by atoms with van der Waals surface area (Å²) in [5.41, 5.74) is 8.32. The predicted molar refractivity (Wildman–Crippen MR) is 126 cm³/mol. The summed E-state index contributed by atoms with van der Waals surface area (Å²) in [6, 6.07) is 8.08. The highest BCUT2D eigenvalue weighted by atomic mass is 32.1. The lowest BCUT2D eigenvalue weighted by atomic mass is 10.0. The van der Waals surface area contributed by atoms with Crippen molar-refractivity contribution < 1.29 is 9.90 Å². The molecule has 0 aliphatic rings. The molecule has 0 bridgehead atoms. The van der Waals surface area contributed by atoms with Crippen LogP contribution in [0.3, 0.4) is 0 Å². The van der Waals surface area contributed by atoms with Crippen LogP contribution in [-0.2, 0) is 4.79 Å². The third kappa shape index (κ3) is 12.4. The zero-order valence-corrected chi connectivity index (χ0v) is 19.5. The van der Waals surface area contributed by atoms with Crippen LogP contribution in [0.25, 0.3) is 11.3 Å². The van der Waals surface area contributed by atoms with Crippen molar-refractivity contribution in [3.05, 3.63) is 35.2 Å². The minimum Gasteiger partial charge on any atom is -0.400 e. The number of rotatable bonds is 9. The number of aliphatic hydroxyl groups is 1. The van der Waals surface area contributed by atoms with E-state index in [1.54, 1.807) is 0 Å². The van der Waals surface area contributed by atoms with Crippen LogP contribution in [0, 0.1) is 12.8 Å². The number of anilines is 1. The van der Waals surface area contributed by atoms with E-state index < -0.39 is 0 Å². The molecule has 0 saturated heterocycles. The van der Waals surface area contributed by atoms with E-state index in [1.165, 1.54) is 55.4 Å². The zero-order valence-electron chi connectivity index (χ0n) is 18.7. The Balaban J connectivity index is 0.000000563. The van der Waals surface area contributed by atoms with Crippen molar-refractivity contribution in [1.82, 2.24) is 4.98 Å². The fourth-order valence-corrected chi connectivity index (χ4v) is 3.30. The maximum absolute atomic E-state index is 11.1. The molecule has 0 spiro atoms. The summed E-state index contributed by atoms with van der Waals surface area (Å²) < 4.78 is 0. The topological polar surface area (TPSA) is 88.2 Å². The molecule has 29 heavy (non-hydrogen) atoms. The minimum atomic E-state index is -0.227. The summed E-state index contributed by atoms with van der Waals surface area (Å²) in [7, 11) is 1.00. The number of aromatic nitrogens is 1. The van der Waals surface area contributed by atoms with E-state index in [4.69, 9.17) is 10.8 Å². The van der Waals surface area contributed by atoms with Crippen LogP contribution in [0.1, 0.15) is 64.9 Å². The van der Waals surface area contributed by atoms with E-state index in [0.29, 0.717) is 5.13 Å². The molecule has 1 aromatic carbocycles. The minimum absolute atomic E-state index is 0.0284. The van der Waals surface area contributed by atoms with Gasteiger partial charge in [0, 0.05) is 18.1 Å². The first-order chi connectivity index (χ1) is 14.0. The van der Waals surface area contributed by atoms with Gasteiger partial charge >= 0.3 is 0 Å². The highest BCUT2D eigenvalue weighted by molar-refractivity contribution is 7.14. The number of carbonyl (C=O) groups excluding carboxylic acids is 1. The van der Waals surface area contributed by atoms with Gasteiger partial charge in [-0.1, -0.05) is 83.1 Å². The number of nitrogens with one attached hydrogen (secondary N) is 1. The monoisotopic (exact) mass is 421 g/mol. The lowest BCUT2D eigenvalue weighted by molar-refractivity contribution is -0.114. The number of hydrogen-bond acceptors (Lipinski definition) is 5. The van der Waals surface area contributed by atoms with Crippen LogP contribution in [0.4, 0.5) is 5.13 Å². The molecule has 4 N–H and O–H groups in total. The number of thiazole rings is 1. The van der Waals surface area contributed by atoms with Gasteiger partial charge in [0.1, 0.15) is 0 Å². The van der Waals surface area contributed by atoms with Crippen LogP contribution < -0.4 is 11.1 Å². The highest BCUT2D eigenvalue weighted by Gasteiger charge is 2.06. The average Bonchev–Trinajstić information content (AvgIpc) is 3.21. The molecule has 0 aliphatic carbocycles. The second kappa shape index (κ2) is 17.1. The van der Waals surface area contributed by atoms with Crippen molar-refractivity contribution in [2.24, 2.45) is 11.7 Å². The van der Waals surface area contributed by atoms with Gasteiger partial charge in [-0.3, -0.25) is 4.79 Å². The number of nitrogens with two attached hydrogens (primary N) is 1. The molecular weight excluding hydrogens is 382 g/mol. The van der Waals surface area contributed by atoms with Crippen molar-refractivity contribution in [1.29, 1.82) is 0 Å². The van der Waals surface area contributed by atoms with Gasteiger partial charge in [0.25, 0.3) is 0 Å². The van der Waals surface area contributed by atoms with Crippen LogP contribution in [0.15, 0.2) is 29.6 Å². The summed E-state index contributed by atoms with van der Waals surface area (Å²) in [5.74, 6) is 0.729. The van der Waals surface area contributed by atoms with E-state index in [9.17, 15) is 4.79 Å². The normalized spacial score (nSPS) is 10.9. The first-order valence-electron chi connectivity index (χ1n) is 10.5. The summed E-state index contributed by atoms with van der Waals surface area (Å²) >= 11 is 1.40. The number of hydrogen-bond donors (Lipinski definition) is 3. The van der Waals surface area contributed by atoms with Gasteiger partial charge in [0.05, 0.1) is 12.2 Å². The summed E-state index contributed by atoms with van der Waals surface area (Å²) in [5, 5.41) is 12.1. The molecule has 0 saturated carbocycles. The number of carbonyl (C=O) groups is 1. The van der Waals surface area contributed by atoms with Crippen molar-refractivity contribution in [3.8, 4) is 11.3 Å². The molecule has 1 heterocycles. The van der Waals surface area contributed by atoms with Crippen LogP contribution in [0.2, 0.25) is 0 Å². The lowest BCUT2D eigenvalue weighted by Gasteiger charge is -2.06. The molecule has 1 atom stereocenters. The highest BCUT2D eigenvalue weighted by Crippen LogP contribution is 2.25. The lowest BCUT2D eigenvalue weighted by Crippen LogP contribution is -2.21. The van der Waals surface area contributed by atoms with E-state index in [2.05, 4.69) is 37.1 Å². The van der Waals surface area contributed by atoms with Crippen LogP contribution in [0.5, 0.6) is 0 Å². The Kier molecular flexibility index (Phi) is 16.1. The Morgan fingerprint density at radius 3 is 2.55 bits per heavy atom. The van der Waals surface area contributed by atoms with E-state index in [0.717, 1.165) is 24.3 Å². The molecule has 6 heteroatoms. The summed E-state index contributed by atoms with van der Waals surface area (Å²) in [6.07, 6.45) is 8.48. The van der Waals surface area contributed by atoms with Gasteiger partial charge < -0.3 is 16.2 Å². The van der Waals surface area contributed by atoms with Crippen molar-refractivity contribution in [3.63, 3.8) is 0 Å². The van der Waals surface area contributed by atoms with Gasteiger partial charge in [-0.05, 0) is 18.9 Å². The molecule has 0 fully saturated rings. The third-order valence-electron chi connectivity index (χ3n) is 4.50. The van der Waals surface area contributed by atoms with Gasteiger partial charge in [0.2, 0.25) is 5.91 Å². The second-order valence-electron chi connectivity index (χ2n) is 7.02. The Hall–Kier alpha value is -1.76. The number of nitrogens with zero attached hydrogens (tertiary/aromatic N) is 1. The average molecular weight is 422 g/mol. The molecule has 2 aromatic rings. The van der Waals surface area contributed by atoms with Gasteiger partial charge in [-0.2, -0.15) is 0 Å². The first-order valence-corrected chi connectivity index (χ1v) is 11.3. The first kappa shape index (κ1) is 27.2. The van der Waals surface area contributed by atoms with Crippen molar-refractivity contribution >= 4 is 22.4 Å². The van der Waals surface area contributed by atoms with E-state index in [1.807, 2.05) is 30.5 Å². The molecule has 5 nitrogen and oxygen atoms in total. The quantitative estimate of drug-likeness (QED) is 0.458. The van der Waals surface area contributed by atoms with Crippen LogP contribution in [-0.4, -0.2) is 29.7 Å². The molecule has 1 aromatic heterocycles. The van der Waals surface area contributed by atoms with Crippen molar-refractivity contribution in [2.75, 3.05) is 19.0 Å².